The number of hydrogen-bond donors (Lipinski definition) is 2. The topological polar surface area (TPSA) is 102 Å². The predicted octanol–water partition coefficient (Wildman–Crippen LogP) is 2.22. The Morgan fingerprint density at radius 3 is 2.54 bits per heavy atom. The summed E-state index contributed by atoms with van der Waals surface area (Å²) in [7, 11) is 1.21. The van der Waals surface area contributed by atoms with Crippen LogP contribution in [0.5, 0.6) is 5.75 Å². The normalized spacial score (nSPS) is 11.3. The first kappa shape index (κ1) is 19.0. The zero-order valence-electron chi connectivity index (χ0n) is 14.2. The number of phenols is 1. The van der Waals surface area contributed by atoms with E-state index < -0.39 is 18.1 Å². The summed E-state index contributed by atoms with van der Waals surface area (Å²) >= 11 is 0. The number of carbonyl (C=O) groups is 3. The standard InChI is InChI=1S/C19H19NO6/c1-25-18(23)16(10-14-7-8-17(22)15(9-14)11-21)20-19(24)26-12-13-5-3-2-4-6-13/h2-9,11,16,22H,10,12H2,1H3,(H,20,24). The highest BCUT2D eigenvalue weighted by atomic mass is 16.6. The summed E-state index contributed by atoms with van der Waals surface area (Å²) in [5, 5.41) is 12.0. The monoisotopic (exact) mass is 357 g/mol. The number of benzene rings is 2. The van der Waals surface area contributed by atoms with E-state index in [1.165, 1.54) is 19.2 Å². The second-order valence-corrected chi connectivity index (χ2v) is 5.50. The fourth-order valence-electron chi connectivity index (χ4n) is 2.30. The number of esters is 1. The molecule has 2 N–H and O–H groups in total. The Kier molecular flexibility index (Phi) is 6.73. The molecule has 2 rings (SSSR count). The van der Waals surface area contributed by atoms with E-state index in [1.54, 1.807) is 6.07 Å². The molecule has 2 aromatic rings. The van der Waals surface area contributed by atoms with Crippen LogP contribution in [0.4, 0.5) is 4.79 Å². The van der Waals surface area contributed by atoms with Crippen molar-refractivity contribution in [2.24, 2.45) is 0 Å². The van der Waals surface area contributed by atoms with Crippen LogP contribution in [-0.4, -0.2) is 36.6 Å². The second-order valence-electron chi connectivity index (χ2n) is 5.50. The third-order valence-electron chi connectivity index (χ3n) is 3.65. The van der Waals surface area contributed by atoms with Crippen molar-refractivity contribution in [1.29, 1.82) is 0 Å². The SMILES string of the molecule is COC(=O)C(Cc1ccc(O)c(C=O)c1)NC(=O)OCc1ccccc1. The largest absolute Gasteiger partial charge is 0.507 e. The number of rotatable bonds is 7. The molecule has 26 heavy (non-hydrogen) atoms. The van der Waals surface area contributed by atoms with Crippen molar-refractivity contribution in [2.75, 3.05) is 7.11 Å². The van der Waals surface area contributed by atoms with Gasteiger partial charge in [0.2, 0.25) is 0 Å². The first-order valence-corrected chi connectivity index (χ1v) is 7.85. The van der Waals surface area contributed by atoms with Crippen molar-refractivity contribution in [3.63, 3.8) is 0 Å². The van der Waals surface area contributed by atoms with E-state index in [9.17, 15) is 19.5 Å². The number of methoxy groups -OCH3 is 1. The molecule has 0 aliphatic rings. The Morgan fingerprint density at radius 2 is 1.88 bits per heavy atom. The molecule has 0 fully saturated rings. The zero-order valence-corrected chi connectivity index (χ0v) is 14.2. The van der Waals surface area contributed by atoms with E-state index in [2.05, 4.69) is 5.32 Å². The van der Waals surface area contributed by atoms with Gasteiger partial charge in [-0.3, -0.25) is 4.79 Å². The summed E-state index contributed by atoms with van der Waals surface area (Å²) in [6.45, 7) is 0.0645. The molecule has 0 heterocycles. The summed E-state index contributed by atoms with van der Waals surface area (Å²) in [6.07, 6.45) is -0.180. The lowest BCUT2D eigenvalue weighted by Gasteiger charge is -2.17. The van der Waals surface area contributed by atoms with Crippen LogP contribution >= 0.6 is 0 Å². The molecule has 0 saturated heterocycles. The minimum atomic E-state index is -0.993. The van der Waals surface area contributed by atoms with Gasteiger partial charge in [-0.05, 0) is 23.3 Å². The summed E-state index contributed by atoms with van der Waals surface area (Å²) < 4.78 is 9.80. The van der Waals surface area contributed by atoms with Crippen LogP contribution in [0, 0.1) is 0 Å². The van der Waals surface area contributed by atoms with Crippen LogP contribution < -0.4 is 5.32 Å². The Balaban J connectivity index is 2.01. The van der Waals surface area contributed by atoms with Crippen LogP contribution in [0.3, 0.4) is 0 Å². The van der Waals surface area contributed by atoms with Crippen molar-refractivity contribution in [1.82, 2.24) is 5.32 Å². The van der Waals surface area contributed by atoms with Gasteiger partial charge in [-0.1, -0.05) is 36.4 Å². The smallest absolute Gasteiger partial charge is 0.408 e. The van der Waals surface area contributed by atoms with Crippen molar-refractivity contribution in [3.05, 3.63) is 65.2 Å². The van der Waals surface area contributed by atoms with E-state index in [-0.39, 0.29) is 24.3 Å². The van der Waals surface area contributed by atoms with Crippen molar-refractivity contribution in [3.8, 4) is 5.75 Å². The van der Waals surface area contributed by atoms with Gasteiger partial charge in [0, 0.05) is 6.42 Å². The molecule has 1 unspecified atom stereocenters. The predicted molar refractivity (Wildman–Crippen MR) is 92.8 cm³/mol. The Hall–Kier alpha value is -3.35. The van der Waals surface area contributed by atoms with E-state index in [4.69, 9.17) is 9.47 Å². The van der Waals surface area contributed by atoms with Gasteiger partial charge < -0.3 is 19.9 Å². The second kappa shape index (κ2) is 9.22. The van der Waals surface area contributed by atoms with E-state index >= 15 is 0 Å². The number of carbonyl (C=O) groups excluding carboxylic acids is 3. The van der Waals surface area contributed by atoms with E-state index in [0.29, 0.717) is 11.8 Å². The van der Waals surface area contributed by atoms with Crippen LogP contribution in [0.2, 0.25) is 0 Å². The van der Waals surface area contributed by atoms with Gasteiger partial charge in [0.05, 0.1) is 12.7 Å². The van der Waals surface area contributed by atoms with Crippen molar-refractivity contribution < 1.29 is 29.0 Å². The van der Waals surface area contributed by atoms with Gasteiger partial charge >= 0.3 is 12.1 Å². The quantitative estimate of drug-likeness (QED) is 0.582. The number of aldehydes is 1. The third-order valence-corrected chi connectivity index (χ3v) is 3.65. The van der Waals surface area contributed by atoms with Gasteiger partial charge in [-0.2, -0.15) is 0 Å². The number of nitrogens with one attached hydrogen (secondary N) is 1. The van der Waals surface area contributed by atoms with Crippen LogP contribution in [-0.2, 0) is 27.3 Å². The van der Waals surface area contributed by atoms with Gasteiger partial charge in [0.25, 0.3) is 0 Å². The lowest BCUT2D eigenvalue weighted by Crippen LogP contribution is -2.43. The number of alkyl carbamates (subject to hydrolysis) is 1. The maximum atomic E-state index is 12.0. The van der Waals surface area contributed by atoms with Crippen molar-refractivity contribution in [2.45, 2.75) is 19.1 Å². The molecular weight excluding hydrogens is 338 g/mol. The fraction of sp³-hybridized carbons (Fsp3) is 0.211. The Labute approximate surface area is 150 Å². The van der Waals surface area contributed by atoms with Gasteiger partial charge in [-0.25, -0.2) is 9.59 Å². The molecule has 0 aliphatic carbocycles. The first-order valence-electron chi connectivity index (χ1n) is 7.85. The average molecular weight is 357 g/mol. The first-order chi connectivity index (χ1) is 12.5. The highest BCUT2D eigenvalue weighted by molar-refractivity contribution is 5.82. The molecule has 136 valence electrons. The zero-order chi connectivity index (χ0) is 18.9. The number of amides is 1. The molecule has 0 bridgehead atoms. The van der Waals surface area contributed by atoms with E-state index in [0.717, 1.165) is 5.56 Å². The lowest BCUT2D eigenvalue weighted by atomic mass is 10.0. The number of aromatic hydroxyl groups is 1. The molecule has 1 atom stereocenters. The van der Waals surface area contributed by atoms with Crippen molar-refractivity contribution >= 4 is 18.3 Å². The lowest BCUT2D eigenvalue weighted by molar-refractivity contribution is -0.143. The Bertz CT molecular complexity index is 775. The summed E-state index contributed by atoms with van der Waals surface area (Å²) in [6, 6.07) is 12.5. The fourth-order valence-corrected chi connectivity index (χ4v) is 2.30. The summed E-state index contributed by atoms with van der Waals surface area (Å²) in [4.78, 5) is 34.8. The molecule has 0 aliphatic heterocycles. The third kappa shape index (κ3) is 5.34. The molecule has 1 amide bonds. The minimum Gasteiger partial charge on any atom is -0.507 e. The maximum Gasteiger partial charge on any atom is 0.408 e. The van der Waals surface area contributed by atoms with E-state index in [1.807, 2.05) is 30.3 Å². The molecule has 2 aromatic carbocycles. The number of phenolic OH excluding ortho intramolecular Hbond substituents is 1. The molecule has 0 saturated carbocycles. The van der Waals surface area contributed by atoms with Gasteiger partial charge in [0.1, 0.15) is 18.4 Å². The molecule has 7 nitrogen and oxygen atoms in total. The minimum absolute atomic E-state index is 0.0645. The van der Waals surface area contributed by atoms with Crippen LogP contribution in [0.15, 0.2) is 48.5 Å². The summed E-state index contributed by atoms with van der Waals surface area (Å²) in [5.41, 5.74) is 1.48. The van der Waals surface area contributed by atoms with Crippen LogP contribution in [0.25, 0.3) is 0 Å². The number of ether oxygens (including phenoxy) is 2. The molecule has 0 radical (unpaired) electrons. The van der Waals surface area contributed by atoms with Gasteiger partial charge in [0.15, 0.2) is 6.29 Å². The highest BCUT2D eigenvalue weighted by Gasteiger charge is 2.23. The number of hydrogen-bond acceptors (Lipinski definition) is 6. The highest BCUT2D eigenvalue weighted by Crippen LogP contribution is 2.17. The average Bonchev–Trinajstić information content (AvgIpc) is 2.67. The maximum absolute atomic E-state index is 12.0. The molecule has 7 heteroatoms. The molecule has 0 spiro atoms. The van der Waals surface area contributed by atoms with Crippen LogP contribution in [0.1, 0.15) is 21.5 Å². The van der Waals surface area contributed by atoms with Gasteiger partial charge in [-0.15, -0.1) is 0 Å². The Morgan fingerprint density at radius 1 is 1.15 bits per heavy atom. The molecule has 0 aromatic heterocycles. The summed E-state index contributed by atoms with van der Waals surface area (Å²) in [5.74, 6) is -0.809. The molecular formula is C19H19NO6.